The zero-order valence-corrected chi connectivity index (χ0v) is 13.7. The highest BCUT2D eigenvalue weighted by Gasteiger charge is 2.67. The molecular weight excluding hydrogens is 264 g/mol. The largest absolute Gasteiger partial charge is 0.419 e. The molecule has 4 nitrogen and oxygen atoms in total. The number of nitrogens with one attached hydrogen (secondary N) is 1. The van der Waals surface area contributed by atoms with Gasteiger partial charge in [-0.3, -0.25) is 4.57 Å². The lowest BCUT2D eigenvalue weighted by molar-refractivity contribution is 0.437. The first-order valence-electron chi connectivity index (χ1n) is 7.48. The van der Waals surface area contributed by atoms with Crippen molar-refractivity contribution < 1.29 is 4.42 Å². The molecule has 3 rings (SSSR count). The lowest BCUT2D eigenvalue weighted by Gasteiger charge is -2.19. The first-order chi connectivity index (χ1) is 9.71. The van der Waals surface area contributed by atoms with Crippen LogP contribution >= 0.6 is 0 Å². The van der Waals surface area contributed by atoms with Gasteiger partial charge in [-0.15, -0.1) is 0 Å². The van der Waals surface area contributed by atoms with Gasteiger partial charge in [0.25, 0.3) is 0 Å². The monoisotopic (exact) mass is 288 g/mol. The summed E-state index contributed by atoms with van der Waals surface area (Å²) >= 11 is 0. The van der Waals surface area contributed by atoms with Crippen molar-refractivity contribution in [3.05, 3.63) is 34.3 Å². The van der Waals surface area contributed by atoms with Crippen LogP contribution in [-0.4, -0.2) is 11.6 Å². The number of hydrogen-bond acceptors (Lipinski definition) is 3. The fraction of sp³-hybridized carbons (Fsp3) is 0.588. The van der Waals surface area contributed by atoms with Crippen LogP contribution in [0.3, 0.4) is 0 Å². The third kappa shape index (κ3) is 1.81. The number of aromatic nitrogens is 1. The minimum absolute atomic E-state index is 0.268. The lowest BCUT2D eigenvalue weighted by Crippen LogP contribution is -2.21. The van der Waals surface area contributed by atoms with E-state index in [1.807, 2.05) is 19.2 Å². The van der Waals surface area contributed by atoms with Gasteiger partial charge >= 0.3 is 5.76 Å². The van der Waals surface area contributed by atoms with Gasteiger partial charge in [-0.1, -0.05) is 33.8 Å². The first-order valence-corrected chi connectivity index (χ1v) is 7.48. The van der Waals surface area contributed by atoms with Crippen LogP contribution in [-0.2, 0) is 7.05 Å². The highest BCUT2D eigenvalue weighted by atomic mass is 16.4. The summed E-state index contributed by atoms with van der Waals surface area (Å²) in [5.74, 6) is 0.248. The predicted octanol–water partition coefficient (Wildman–Crippen LogP) is 3.07. The summed E-state index contributed by atoms with van der Waals surface area (Å²) in [4.78, 5) is 11.6. The fourth-order valence-electron chi connectivity index (χ4n) is 3.95. The van der Waals surface area contributed by atoms with Crippen LogP contribution in [0.4, 0.5) is 0 Å². The van der Waals surface area contributed by atoms with Gasteiger partial charge in [0.2, 0.25) is 0 Å². The average molecular weight is 288 g/mol. The average Bonchev–Trinajstić information content (AvgIpc) is 2.67. The lowest BCUT2D eigenvalue weighted by atomic mass is 9.96. The van der Waals surface area contributed by atoms with Crippen LogP contribution in [0.2, 0.25) is 0 Å². The van der Waals surface area contributed by atoms with Gasteiger partial charge in [0.15, 0.2) is 5.58 Å². The second kappa shape index (κ2) is 4.23. The van der Waals surface area contributed by atoms with E-state index < -0.39 is 0 Å². The molecule has 4 heteroatoms. The topological polar surface area (TPSA) is 47.2 Å². The standard InChI is InChI=1S/C17H24N2O2/c1-16(2)14(17(16,3)4)13(18-5)10-7-8-11-12(9-10)21-15(20)19(11)6/h7-9,13-14,18H,1-6H3. The Hall–Kier alpha value is -1.55. The maximum absolute atomic E-state index is 11.6. The highest BCUT2D eigenvalue weighted by molar-refractivity contribution is 5.73. The third-order valence-electron chi connectivity index (χ3n) is 5.95. The van der Waals surface area contributed by atoms with E-state index in [-0.39, 0.29) is 11.8 Å². The van der Waals surface area contributed by atoms with E-state index in [0.717, 1.165) is 5.52 Å². The van der Waals surface area contributed by atoms with Crippen LogP contribution in [0.5, 0.6) is 0 Å². The Morgan fingerprint density at radius 1 is 1.24 bits per heavy atom. The van der Waals surface area contributed by atoms with Crippen molar-refractivity contribution in [1.82, 2.24) is 9.88 Å². The summed E-state index contributed by atoms with van der Waals surface area (Å²) in [6, 6.07) is 6.35. The van der Waals surface area contributed by atoms with E-state index in [1.165, 1.54) is 5.56 Å². The van der Waals surface area contributed by atoms with E-state index in [0.29, 0.717) is 22.3 Å². The summed E-state index contributed by atoms with van der Waals surface area (Å²) in [5, 5.41) is 3.45. The van der Waals surface area contributed by atoms with E-state index in [1.54, 1.807) is 11.6 Å². The van der Waals surface area contributed by atoms with Gasteiger partial charge in [0.1, 0.15) is 0 Å². The van der Waals surface area contributed by atoms with E-state index in [9.17, 15) is 4.79 Å². The van der Waals surface area contributed by atoms with E-state index in [2.05, 4.69) is 39.1 Å². The number of aryl methyl sites for hydroxylation is 1. The smallest absolute Gasteiger partial charge is 0.408 e. The summed E-state index contributed by atoms with van der Waals surface area (Å²) in [6.07, 6.45) is 0. The minimum Gasteiger partial charge on any atom is -0.408 e. The van der Waals surface area contributed by atoms with Crippen LogP contribution in [0.15, 0.2) is 27.4 Å². The van der Waals surface area contributed by atoms with Crippen molar-refractivity contribution in [2.24, 2.45) is 23.8 Å². The molecule has 114 valence electrons. The Balaban J connectivity index is 2.05. The number of benzene rings is 1. The van der Waals surface area contributed by atoms with E-state index >= 15 is 0 Å². The van der Waals surface area contributed by atoms with Crippen molar-refractivity contribution in [1.29, 1.82) is 0 Å². The summed E-state index contributed by atoms with van der Waals surface area (Å²) in [7, 11) is 3.73. The highest BCUT2D eigenvalue weighted by Crippen LogP contribution is 2.72. The van der Waals surface area contributed by atoms with E-state index in [4.69, 9.17) is 4.42 Å². The first kappa shape index (κ1) is 14.4. The van der Waals surface area contributed by atoms with Gasteiger partial charge in [-0.05, 0) is 41.5 Å². The van der Waals surface area contributed by atoms with Crippen molar-refractivity contribution in [2.45, 2.75) is 33.7 Å². The normalized spacial score (nSPS) is 21.6. The molecule has 2 aromatic rings. The Bertz CT molecular complexity index is 738. The molecular formula is C17H24N2O2. The predicted molar refractivity (Wildman–Crippen MR) is 84.3 cm³/mol. The second-order valence-electron chi connectivity index (χ2n) is 7.34. The Morgan fingerprint density at radius 3 is 2.38 bits per heavy atom. The molecule has 1 aromatic heterocycles. The molecule has 1 aromatic carbocycles. The minimum atomic E-state index is -0.310. The number of fused-ring (bicyclic) bond motifs is 1. The van der Waals surface area contributed by atoms with Gasteiger partial charge in [-0.2, -0.15) is 0 Å². The zero-order chi connectivity index (χ0) is 15.6. The van der Waals surface area contributed by atoms with Crippen LogP contribution in [0.25, 0.3) is 11.1 Å². The molecule has 0 radical (unpaired) electrons. The summed E-state index contributed by atoms with van der Waals surface area (Å²) in [5.41, 5.74) is 3.28. The molecule has 21 heavy (non-hydrogen) atoms. The maximum Gasteiger partial charge on any atom is 0.419 e. The molecule has 1 aliphatic rings. The van der Waals surface area contributed by atoms with Gasteiger partial charge < -0.3 is 9.73 Å². The van der Waals surface area contributed by atoms with Gasteiger partial charge in [0, 0.05) is 13.1 Å². The molecule has 1 aliphatic carbocycles. The van der Waals surface area contributed by atoms with Crippen LogP contribution in [0.1, 0.15) is 39.3 Å². The second-order valence-corrected chi connectivity index (χ2v) is 7.34. The van der Waals surface area contributed by atoms with Crippen LogP contribution in [0, 0.1) is 16.7 Å². The molecule has 1 unspecified atom stereocenters. The number of oxazole rings is 1. The molecule has 1 saturated carbocycles. The molecule has 0 amide bonds. The Labute approximate surface area is 125 Å². The molecule has 0 aliphatic heterocycles. The molecule has 0 bridgehead atoms. The third-order valence-corrected chi connectivity index (χ3v) is 5.95. The number of rotatable bonds is 3. The Morgan fingerprint density at radius 2 is 1.86 bits per heavy atom. The molecule has 0 spiro atoms. The molecule has 1 atom stereocenters. The number of nitrogens with zero attached hydrogens (tertiary/aromatic N) is 1. The summed E-state index contributed by atoms with van der Waals surface area (Å²) in [6.45, 7) is 9.29. The SMILES string of the molecule is CNC(c1ccc2c(c1)oc(=O)n2C)C1C(C)(C)C1(C)C. The zero-order valence-electron chi connectivity index (χ0n) is 13.7. The Kier molecular flexibility index (Phi) is 2.90. The molecule has 1 fully saturated rings. The summed E-state index contributed by atoms with van der Waals surface area (Å²) < 4.78 is 6.86. The fourth-order valence-corrected chi connectivity index (χ4v) is 3.95. The molecule has 0 saturated heterocycles. The molecule has 1 heterocycles. The maximum atomic E-state index is 11.6. The van der Waals surface area contributed by atoms with Crippen LogP contribution < -0.4 is 11.1 Å². The van der Waals surface area contributed by atoms with Gasteiger partial charge in [0.05, 0.1) is 5.52 Å². The number of hydrogen-bond donors (Lipinski definition) is 1. The quantitative estimate of drug-likeness (QED) is 0.944. The van der Waals surface area contributed by atoms with Crippen molar-refractivity contribution >= 4 is 11.1 Å². The van der Waals surface area contributed by atoms with Gasteiger partial charge in [-0.25, -0.2) is 4.79 Å². The van der Waals surface area contributed by atoms with Crippen molar-refractivity contribution in [2.75, 3.05) is 7.05 Å². The molecule has 1 N–H and O–H groups in total. The van der Waals surface area contributed by atoms with Crippen molar-refractivity contribution in [3.8, 4) is 0 Å². The van der Waals surface area contributed by atoms with Crippen molar-refractivity contribution in [3.63, 3.8) is 0 Å².